The Morgan fingerprint density at radius 3 is 2.59 bits per heavy atom. The van der Waals surface area contributed by atoms with E-state index in [1.807, 2.05) is 25.3 Å². The molecule has 2 saturated heterocycles. The zero-order chi connectivity index (χ0) is 23.5. The van der Waals surface area contributed by atoms with Gasteiger partial charge in [-0.1, -0.05) is 18.2 Å². The largest absolute Gasteiger partial charge is 0.465 e. The molecule has 3 aromatic rings. The Labute approximate surface area is 206 Å². The first-order valence-corrected chi connectivity index (χ1v) is 12.7. The summed E-state index contributed by atoms with van der Waals surface area (Å²) in [6.07, 6.45) is 8.08. The molecule has 0 bridgehead atoms. The predicted molar refractivity (Wildman–Crippen MR) is 135 cm³/mol. The third kappa shape index (κ3) is 4.91. The summed E-state index contributed by atoms with van der Waals surface area (Å²) in [6.45, 7) is 12.3. The van der Waals surface area contributed by atoms with Gasteiger partial charge in [-0.2, -0.15) is 15.2 Å². The van der Waals surface area contributed by atoms with Gasteiger partial charge < -0.3 is 9.64 Å². The second-order valence-corrected chi connectivity index (χ2v) is 9.78. The van der Waals surface area contributed by atoms with E-state index in [0.717, 1.165) is 56.6 Å². The Hall–Kier alpha value is -2.64. The van der Waals surface area contributed by atoms with Crippen LogP contribution in [-0.2, 0) is 6.54 Å². The quantitative estimate of drug-likeness (QED) is 0.477. The van der Waals surface area contributed by atoms with E-state index in [9.17, 15) is 0 Å². The molecule has 8 heteroatoms. The molecule has 0 unspecified atom stereocenters. The van der Waals surface area contributed by atoms with Gasteiger partial charge in [0.1, 0.15) is 0 Å². The fourth-order valence-electron chi connectivity index (χ4n) is 5.40. The van der Waals surface area contributed by atoms with Gasteiger partial charge in [-0.25, -0.2) is 0 Å². The molecule has 1 aromatic carbocycles. The number of fused-ring (bicyclic) bond motifs is 1. The third-order valence-corrected chi connectivity index (χ3v) is 7.47. The Balaban J connectivity index is 1.18. The van der Waals surface area contributed by atoms with Crippen molar-refractivity contribution < 1.29 is 4.74 Å². The number of aromatic nitrogens is 4. The maximum Gasteiger partial charge on any atom is 0.297 e. The van der Waals surface area contributed by atoms with Gasteiger partial charge in [0.15, 0.2) is 0 Å². The third-order valence-electron chi connectivity index (χ3n) is 7.24. The lowest BCUT2D eigenvalue weighted by Crippen LogP contribution is -2.40. The molecule has 0 radical (unpaired) electrons. The van der Waals surface area contributed by atoms with Gasteiger partial charge in [0.25, 0.3) is 6.01 Å². The van der Waals surface area contributed by atoms with Crippen LogP contribution in [0.1, 0.15) is 44.2 Å². The van der Waals surface area contributed by atoms with Crippen LogP contribution < -0.4 is 4.74 Å². The molecule has 2 aliphatic rings. The number of benzene rings is 1. The Morgan fingerprint density at radius 1 is 1.09 bits per heavy atom. The highest BCUT2D eigenvalue weighted by Gasteiger charge is 2.29. The van der Waals surface area contributed by atoms with Crippen LogP contribution in [0, 0.1) is 5.92 Å². The van der Waals surface area contributed by atoms with Gasteiger partial charge >= 0.3 is 0 Å². The maximum atomic E-state index is 6.21. The number of halogens is 1. The predicted octanol–water partition coefficient (Wildman–Crippen LogP) is 4.94. The standard InChI is InChI=1S/C26H33ClN6O/c1-3-34-26-30-24-16-22(27)4-5-25(24)33(26)23-9-14-32(15-10-23)19(2)21-7-12-31(13-8-21)18-20-6-11-28-29-17-20/h4-6,11,16-17,21,23H,2-3,7-10,12-15,18H2,1H3. The van der Waals surface area contributed by atoms with Gasteiger partial charge in [0.2, 0.25) is 0 Å². The molecule has 34 heavy (non-hydrogen) atoms. The van der Waals surface area contributed by atoms with E-state index in [4.69, 9.17) is 21.3 Å². The van der Waals surface area contributed by atoms with Crippen LogP contribution in [0.5, 0.6) is 6.01 Å². The average molecular weight is 481 g/mol. The zero-order valence-electron chi connectivity index (χ0n) is 19.9. The van der Waals surface area contributed by atoms with Crippen molar-refractivity contribution in [3.05, 3.63) is 59.5 Å². The molecule has 0 atom stereocenters. The number of piperidine rings is 2. The summed E-state index contributed by atoms with van der Waals surface area (Å²) in [6, 6.07) is 9.05. The first-order chi connectivity index (χ1) is 16.6. The monoisotopic (exact) mass is 480 g/mol. The van der Waals surface area contributed by atoms with Crippen molar-refractivity contribution in [2.75, 3.05) is 32.8 Å². The van der Waals surface area contributed by atoms with E-state index >= 15 is 0 Å². The molecule has 5 rings (SSSR count). The summed E-state index contributed by atoms with van der Waals surface area (Å²) in [5.74, 6) is 0.568. The first-order valence-electron chi connectivity index (χ1n) is 12.3. The molecule has 0 aliphatic carbocycles. The van der Waals surface area contributed by atoms with Crippen LogP contribution in [0.2, 0.25) is 5.02 Å². The molecule has 2 aliphatic heterocycles. The van der Waals surface area contributed by atoms with Crippen molar-refractivity contribution in [3.8, 4) is 6.01 Å². The first kappa shape index (κ1) is 23.1. The zero-order valence-corrected chi connectivity index (χ0v) is 20.6. The minimum Gasteiger partial charge on any atom is -0.465 e. The topological polar surface area (TPSA) is 59.3 Å². The van der Waals surface area contributed by atoms with E-state index in [0.29, 0.717) is 29.6 Å². The van der Waals surface area contributed by atoms with Crippen LogP contribution in [0.3, 0.4) is 0 Å². The van der Waals surface area contributed by atoms with Gasteiger partial charge in [0.05, 0.1) is 23.8 Å². The second kappa shape index (κ2) is 10.3. The molecule has 2 aromatic heterocycles. The van der Waals surface area contributed by atoms with Gasteiger partial charge in [-0.05, 0) is 75.5 Å². The molecule has 180 valence electrons. The van der Waals surface area contributed by atoms with E-state index in [1.165, 1.54) is 24.1 Å². The molecule has 0 amide bonds. The average Bonchev–Trinajstić information content (AvgIpc) is 3.22. The number of imidazole rings is 1. The molecule has 2 fully saturated rings. The van der Waals surface area contributed by atoms with Crippen LogP contribution in [0.4, 0.5) is 0 Å². The highest BCUT2D eigenvalue weighted by atomic mass is 35.5. The molecule has 0 spiro atoms. The van der Waals surface area contributed by atoms with Crippen LogP contribution >= 0.6 is 11.6 Å². The molecule has 0 saturated carbocycles. The number of likely N-dealkylation sites (tertiary alicyclic amines) is 2. The normalized spacial score (nSPS) is 18.5. The SMILES string of the molecule is C=C(C1CCN(Cc2ccnnc2)CC1)N1CCC(n2c(OCC)nc3cc(Cl)ccc32)CC1. The fourth-order valence-corrected chi connectivity index (χ4v) is 5.56. The summed E-state index contributed by atoms with van der Waals surface area (Å²) in [5, 5.41) is 8.58. The van der Waals surface area contributed by atoms with Crippen molar-refractivity contribution in [1.82, 2.24) is 29.5 Å². The molecular formula is C26H33ClN6O. The van der Waals surface area contributed by atoms with Crippen molar-refractivity contribution >= 4 is 22.6 Å². The van der Waals surface area contributed by atoms with E-state index in [1.54, 1.807) is 6.20 Å². The number of ether oxygens (including phenoxy) is 1. The fraction of sp³-hybridized carbons (Fsp3) is 0.500. The van der Waals surface area contributed by atoms with E-state index < -0.39 is 0 Å². The Bertz CT molecular complexity index is 1120. The lowest BCUT2D eigenvalue weighted by molar-refractivity contribution is 0.152. The molecule has 7 nitrogen and oxygen atoms in total. The van der Waals surface area contributed by atoms with Gasteiger partial charge in [0, 0.05) is 48.5 Å². The summed E-state index contributed by atoms with van der Waals surface area (Å²) < 4.78 is 8.18. The van der Waals surface area contributed by atoms with Crippen LogP contribution in [0.15, 0.2) is 48.9 Å². The summed E-state index contributed by atoms with van der Waals surface area (Å²) >= 11 is 6.21. The van der Waals surface area contributed by atoms with Crippen LogP contribution in [0.25, 0.3) is 11.0 Å². The molecule has 0 N–H and O–H groups in total. The number of rotatable bonds is 7. The number of nitrogens with zero attached hydrogens (tertiary/aromatic N) is 6. The van der Waals surface area contributed by atoms with Crippen molar-refractivity contribution in [3.63, 3.8) is 0 Å². The van der Waals surface area contributed by atoms with Crippen molar-refractivity contribution in [2.45, 2.75) is 45.2 Å². The highest BCUT2D eigenvalue weighted by molar-refractivity contribution is 6.31. The van der Waals surface area contributed by atoms with E-state index in [-0.39, 0.29) is 0 Å². The second-order valence-electron chi connectivity index (χ2n) is 9.34. The van der Waals surface area contributed by atoms with Crippen molar-refractivity contribution in [1.29, 1.82) is 0 Å². The Morgan fingerprint density at radius 2 is 1.88 bits per heavy atom. The number of hydrogen-bond acceptors (Lipinski definition) is 6. The maximum absolute atomic E-state index is 6.21. The summed E-state index contributed by atoms with van der Waals surface area (Å²) in [7, 11) is 0. The van der Waals surface area contributed by atoms with Crippen molar-refractivity contribution in [2.24, 2.45) is 5.92 Å². The Kier molecular flexibility index (Phi) is 7.02. The summed E-state index contributed by atoms with van der Waals surface area (Å²) in [5.41, 5.74) is 4.55. The lowest BCUT2D eigenvalue weighted by Gasteiger charge is -2.40. The minimum atomic E-state index is 0.368. The van der Waals surface area contributed by atoms with Crippen LogP contribution in [-0.4, -0.2) is 62.3 Å². The lowest BCUT2D eigenvalue weighted by atomic mass is 9.91. The number of allylic oxidation sites excluding steroid dienone is 1. The van der Waals surface area contributed by atoms with Gasteiger partial charge in [-0.3, -0.25) is 9.47 Å². The molecular weight excluding hydrogens is 448 g/mol. The minimum absolute atomic E-state index is 0.368. The highest BCUT2D eigenvalue weighted by Crippen LogP contribution is 2.35. The summed E-state index contributed by atoms with van der Waals surface area (Å²) in [4.78, 5) is 9.74. The van der Waals surface area contributed by atoms with E-state index in [2.05, 4.69) is 43.3 Å². The molecule has 4 heterocycles. The van der Waals surface area contributed by atoms with Gasteiger partial charge in [-0.15, -0.1) is 0 Å². The number of hydrogen-bond donors (Lipinski definition) is 0. The smallest absolute Gasteiger partial charge is 0.297 e.